The predicted octanol–water partition coefficient (Wildman–Crippen LogP) is 1.58. The van der Waals surface area contributed by atoms with Gasteiger partial charge in [0, 0.05) is 12.2 Å². The number of halogens is 1. The van der Waals surface area contributed by atoms with Crippen LogP contribution in [0, 0.1) is 5.82 Å². The third kappa shape index (κ3) is 2.14. The van der Waals surface area contributed by atoms with E-state index in [1.165, 1.54) is 17.2 Å². The Kier molecular flexibility index (Phi) is 3.05. The molecule has 86 valence electrons. The van der Waals surface area contributed by atoms with Crippen molar-refractivity contribution >= 4 is 11.6 Å². The summed E-state index contributed by atoms with van der Waals surface area (Å²) in [5, 5.41) is 1.21. The number of hydroxylamine groups is 2. The first kappa shape index (κ1) is 10.9. The molecule has 2 N–H and O–H groups in total. The van der Waals surface area contributed by atoms with Crippen molar-refractivity contribution in [3.63, 3.8) is 0 Å². The smallest absolute Gasteiger partial charge is 0.280 e. The molecule has 0 bridgehead atoms. The van der Waals surface area contributed by atoms with E-state index >= 15 is 0 Å². The molecule has 1 saturated heterocycles. The fraction of sp³-hybridized carbons (Fsp3) is 0.364. The normalized spacial score (nSPS) is 16.2. The van der Waals surface area contributed by atoms with Crippen LogP contribution in [-0.2, 0) is 4.84 Å². The van der Waals surface area contributed by atoms with Crippen molar-refractivity contribution in [1.82, 2.24) is 5.06 Å². The van der Waals surface area contributed by atoms with Crippen LogP contribution in [0.3, 0.4) is 0 Å². The Hall–Kier alpha value is -1.62. The molecule has 2 rings (SSSR count). The summed E-state index contributed by atoms with van der Waals surface area (Å²) in [6.07, 6.45) is 1.80. The van der Waals surface area contributed by atoms with E-state index in [2.05, 4.69) is 0 Å². The van der Waals surface area contributed by atoms with E-state index in [0.29, 0.717) is 18.8 Å². The second kappa shape index (κ2) is 4.49. The molecular weight excluding hydrogens is 211 g/mol. The molecular formula is C11H13FN2O2. The molecule has 16 heavy (non-hydrogen) atoms. The molecule has 1 fully saturated rings. The number of nitrogen functional groups attached to an aromatic ring is 1. The van der Waals surface area contributed by atoms with Gasteiger partial charge in [-0.15, -0.1) is 0 Å². The minimum absolute atomic E-state index is 0.00361. The number of anilines is 1. The van der Waals surface area contributed by atoms with Crippen molar-refractivity contribution in [2.24, 2.45) is 0 Å². The van der Waals surface area contributed by atoms with Crippen LogP contribution in [0.25, 0.3) is 0 Å². The molecule has 1 amide bonds. The highest BCUT2D eigenvalue weighted by Crippen LogP contribution is 2.16. The fourth-order valence-electron chi connectivity index (χ4n) is 1.60. The van der Waals surface area contributed by atoms with E-state index in [1.807, 2.05) is 0 Å². The van der Waals surface area contributed by atoms with Gasteiger partial charge < -0.3 is 5.73 Å². The SMILES string of the molecule is Nc1ccc(C(=O)N2CCCCO2)c(F)c1. The largest absolute Gasteiger partial charge is 0.399 e. The molecule has 0 radical (unpaired) electrons. The molecule has 1 aromatic rings. The number of nitrogens with zero attached hydrogens (tertiary/aromatic N) is 1. The number of carbonyl (C=O) groups is 1. The van der Waals surface area contributed by atoms with Gasteiger partial charge in [0.25, 0.3) is 5.91 Å². The highest BCUT2D eigenvalue weighted by molar-refractivity contribution is 5.94. The molecule has 1 heterocycles. The third-order valence-corrected chi connectivity index (χ3v) is 2.45. The van der Waals surface area contributed by atoms with E-state index < -0.39 is 11.7 Å². The second-order valence-electron chi connectivity index (χ2n) is 3.69. The van der Waals surface area contributed by atoms with Crippen molar-refractivity contribution in [3.05, 3.63) is 29.6 Å². The Labute approximate surface area is 92.7 Å². The molecule has 0 unspecified atom stereocenters. The van der Waals surface area contributed by atoms with Gasteiger partial charge in [0.2, 0.25) is 0 Å². The van der Waals surface area contributed by atoms with Crippen molar-refractivity contribution in [3.8, 4) is 0 Å². The predicted molar refractivity (Wildman–Crippen MR) is 57.0 cm³/mol. The summed E-state index contributed by atoms with van der Waals surface area (Å²) in [4.78, 5) is 17.0. The van der Waals surface area contributed by atoms with E-state index in [1.54, 1.807) is 0 Å². The fourth-order valence-corrected chi connectivity index (χ4v) is 1.60. The van der Waals surface area contributed by atoms with Crippen molar-refractivity contribution in [1.29, 1.82) is 0 Å². The molecule has 5 heteroatoms. The van der Waals surface area contributed by atoms with Crippen molar-refractivity contribution in [2.75, 3.05) is 18.9 Å². The number of rotatable bonds is 1. The third-order valence-electron chi connectivity index (χ3n) is 2.45. The average Bonchev–Trinajstić information content (AvgIpc) is 2.29. The van der Waals surface area contributed by atoms with Crippen LogP contribution in [0.1, 0.15) is 23.2 Å². The minimum Gasteiger partial charge on any atom is -0.399 e. The van der Waals surface area contributed by atoms with E-state index in [-0.39, 0.29) is 5.56 Å². The van der Waals surface area contributed by atoms with Crippen LogP contribution < -0.4 is 5.73 Å². The zero-order valence-corrected chi connectivity index (χ0v) is 8.78. The maximum absolute atomic E-state index is 13.5. The summed E-state index contributed by atoms with van der Waals surface area (Å²) < 4.78 is 13.5. The van der Waals surface area contributed by atoms with Gasteiger partial charge in [0.15, 0.2) is 0 Å². The molecule has 4 nitrogen and oxygen atoms in total. The van der Waals surface area contributed by atoms with Crippen LogP contribution in [0.4, 0.5) is 10.1 Å². The van der Waals surface area contributed by atoms with Gasteiger partial charge in [-0.2, -0.15) is 0 Å². The van der Waals surface area contributed by atoms with Crippen LogP contribution in [0.15, 0.2) is 18.2 Å². The number of hydrogen-bond acceptors (Lipinski definition) is 3. The number of amides is 1. The van der Waals surface area contributed by atoms with Gasteiger partial charge in [-0.25, -0.2) is 9.45 Å². The number of carbonyl (C=O) groups excluding carboxylic acids is 1. The van der Waals surface area contributed by atoms with Gasteiger partial charge in [0.05, 0.1) is 12.2 Å². The Morgan fingerprint density at radius 1 is 1.44 bits per heavy atom. The van der Waals surface area contributed by atoms with Crippen molar-refractivity contribution in [2.45, 2.75) is 12.8 Å². The molecule has 1 aromatic carbocycles. The highest BCUT2D eigenvalue weighted by Gasteiger charge is 2.22. The summed E-state index contributed by atoms with van der Waals surface area (Å²) in [6.45, 7) is 1.00. The van der Waals surface area contributed by atoms with Crippen LogP contribution in [0.2, 0.25) is 0 Å². The molecule has 0 aliphatic carbocycles. The van der Waals surface area contributed by atoms with Gasteiger partial charge in [-0.1, -0.05) is 0 Å². The van der Waals surface area contributed by atoms with Gasteiger partial charge in [-0.05, 0) is 31.0 Å². The van der Waals surface area contributed by atoms with Crippen LogP contribution in [-0.4, -0.2) is 24.1 Å². The summed E-state index contributed by atoms with van der Waals surface area (Å²) in [5.74, 6) is -1.06. The Morgan fingerprint density at radius 2 is 2.25 bits per heavy atom. The van der Waals surface area contributed by atoms with E-state index in [0.717, 1.165) is 18.9 Å². The zero-order chi connectivity index (χ0) is 11.5. The number of benzene rings is 1. The highest BCUT2D eigenvalue weighted by atomic mass is 19.1. The maximum Gasteiger partial charge on any atom is 0.280 e. The molecule has 0 spiro atoms. The van der Waals surface area contributed by atoms with Gasteiger partial charge in [0.1, 0.15) is 5.82 Å². The van der Waals surface area contributed by atoms with Gasteiger partial charge >= 0.3 is 0 Å². The summed E-state index contributed by atoms with van der Waals surface area (Å²) >= 11 is 0. The molecule has 0 saturated carbocycles. The monoisotopic (exact) mass is 224 g/mol. The summed E-state index contributed by atoms with van der Waals surface area (Å²) in [7, 11) is 0. The Morgan fingerprint density at radius 3 is 2.88 bits per heavy atom. The van der Waals surface area contributed by atoms with Crippen LogP contribution in [0.5, 0.6) is 0 Å². The maximum atomic E-state index is 13.5. The summed E-state index contributed by atoms with van der Waals surface area (Å²) in [6, 6.07) is 4.02. The van der Waals surface area contributed by atoms with Crippen LogP contribution >= 0.6 is 0 Å². The van der Waals surface area contributed by atoms with Gasteiger partial charge in [-0.3, -0.25) is 9.63 Å². The molecule has 1 aliphatic rings. The lowest BCUT2D eigenvalue weighted by Crippen LogP contribution is -2.36. The number of hydrogen-bond donors (Lipinski definition) is 1. The Bertz CT molecular complexity index is 403. The Balaban J connectivity index is 2.19. The summed E-state index contributed by atoms with van der Waals surface area (Å²) in [5.41, 5.74) is 5.71. The quantitative estimate of drug-likeness (QED) is 0.737. The lowest BCUT2D eigenvalue weighted by atomic mass is 10.1. The van der Waals surface area contributed by atoms with E-state index in [4.69, 9.17) is 10.6 Å². The van der Waals surface area contributed by atoms with Crippen molar-refractivity contribution < 1.29 is 14.0 Å². The molecule has 1 aliphatic heterocycles. The molecule has 0 aromatic heterocycles. The zero-order valence-electron chi connectivity index (χ0n) is 8.78. The minimum atomic E-state index is -0.612. The standard InChI is InChI=1S/C11H13FN2O2/c12-10-7-8(13)3-4-9(10)11(15)14-5-1-2-6-16-14/h3-4,7H,1-2,5-6,13H2. The first-order chi connectivity index (χ1) is 7.68. The average molecular weight is 224 g/mol. The van der Waals surface area contributed by atoms with E-state index in [9.17, 15) is 9.18 Å². The topological polar surface area (TPSA) is 55.6 Å². The lowest BCUT2D eigenvalue weighted by Gasteiger charge is -2.25. The first-order valence-electron chi connectivity index (χ1n) is 5.18. The number of nitrogens with two attached hydrogens (primary N) is 1. The lowest BCUT2D eigenvalue weighted by molar-refractivity contribution is -0.144. The second-order valence-corrected chi connectivity index (χ2v) is 3.69. The molecule has 0 atom stereocenters. The first-order valence-corrected chi connectivity index (χ1v) is 5.18.